The zero-order chi connectivity index (χ0) is 40.0. The van der Waals surface area contributed by atoms with Crippen LogP contribution in [0.25, 0.3) is 6.08 Å². The summed E-state index contributed by atoms with van der Waals surface area (Å²) in [6.45, 7) is 20.6. The molecule has 4 heterocycles. The van der Waals surface area contributed by atoms with Gasteiger partial charge in [0.15, 0.2) is 0 Å². The lowest BCUT2D eigenvalue weighted by molar-refractivity contribution is -0.276. The van der Waals surface area contributed by atoms with Crippen molar-refractivity contribution in [3.05, 3.63) is 89.0 Å². The van der Waals surface area contributed by atoms with E-state index in [4.69, 9.17) is 35.3 Å². The monoisotopic (exact) mass is 780 g/mol. The Labute approximate surface area is 336 Å². The van der Waals surface area contributed by atoms with Crippen molar-refractivity contribution >= 4 is 17.7 Å². The van der Waals surface area contributed by atoms with E-state index in [1.807, 2.05) is 37.3 Å². The minimum Gasteiger partial charge on any atom is -0.390 e. The highest BCUT2D eigenvalue weighted by Gasteiger charge is 2.56. The Balaban J connectivity index is 1.21. The summed E-state index contributed by atoms with van der Waals surface area (Å²) in [6, 6.07) is 7.83. The Morgan fingerprint density at radius 2 is 1.73 bits per heavy atom. The molecule has 7 nitrogen and oxygen atoms in total. The van der Waals surface area contributed by atoms with Gasteiger partial charge in [-0.1, -0.05) is 92.3 Å². The summed E-state index contributed by atoms with van der Waals surface area (Å²) < 4.78 is 34.3. The van der Waals surface area contributed by atoms with Crippen LogP contribution in [0, 0.1) is 5.92 Å². The minimum atomic E-state index is -0.951. The molecule has 306 valence electrons. The summed E-state index contributed by atoms with van der Waals surface area (Å²) in [4.78, 5) is 0. The fourth-order valence-electron chi connectivity index (χ4n) is 8.96. The molecule has 1 aromatic carbocycles. The maximum absolute atomic E-state index is 11.7. The first-order valence-corrected chi connectivity index (χ1v) is 21.2. The van der Waals surface area contributed by atoms with Crippen LogP contribution in [-0.4, -0.2) is 82.0 Å². The number of hydrogen-bond donors (Lipinski definition) is 2. The SMILES string of the molecule is C=C/C=C\CCC1OC(CC)C(OC2CC3OC4CC(C)C(CC/C=C(C)/C(C)=C/C=C\c5ccc(Cl)cc5)OC4(C)CC(O)C3OC2(C)C)CCC1(C)O. The second-order valence-corrected chi connectivity index (χ2v) is 18.1. The van der Waals surface area contributed by atoms with Crippen LogP contribution in [0.5, 0.6) is 0 Å². The number of rotatable bonds is 13. The van der Waals surface area contributed by atoms with E-state index in [1.54, 1.807) is 6.08 Å². The first-order valence-electron chi connectivity index (χ1n) is 20.8. The average Bonchev–Trinajstić information content (AvgIpc) is 3.31. The molecular formula is C47H69ClO7. The summed E-state index contributed by atoms with van der Waals surface area (Å²) >= 11 is 6.02. The molecule has 5 rings (SSSR count). The van der Waals surface area contributed by atoms with Gasteiger partial charge in [0.05, 0.1) is 65.6 Å². The number of benzene rings is 1. The summed E-state index contributed by atoms with van der Waals surface area (Å²) in [6.07, 6.45) is 19.1. The number of hydrogen-bond acceptors (Lipinski definition) is 7. The molecule has 4 aliphatic heterocycles. The van der Waals surface area contributed by atoms with E-state index >= 15 is 0 Å². The Morgan fingerprint density at radius 3 is 2.44 bits per heavy atom. The van der Waals surface area contributed by atoms with E-state index in [0.717, 1.165) is 49.1 Å². The van der Waals surface area contributed by atoms with Crippen LogP contribution < -0.4 is 0 Å². The van der Waals surface area contributed by atoms with Gasteiger partial charge in [0, 0.05) is 17.9 Å². The van der Waals surface area contributed by atoms with E-state index in [1.165, 1.54) is 11.1 Å². The van der Waals surface area contributed by atoms with Crippen molar-refractivity contribution in [1.82, 2.24) is 0 Å². The van der Waals surface area contributed by atoms with Crippen LogP contribution in [-0.2, 0) is 23.7 Å². The molecular weight excluding hydrogens is 712 g/mol. The molecule has 0 bridgehead atoms. The number of allylic oxidation sites excluding steroid dienone is 8. The molecule has 0 saturated carbocycles. The molecule has 0 aliphatic carbocycles. The van der Waals surface area contributed by atoms with Crippen molar-refractivity contribution in [3.63, 3.8) is 0 Å². The summed E-state index contributed by atoms with van der Waals surface area (Å²) in [5, 5.41) is 23.9. The highest BCUT2D eigenvalue weighted by molar-refractivity contribution is 6.30. The topological polar surface area (TPSA) is 86.6 Å². The Kier molecular flexibility index (Phi) is 15.3. The molecule has 4 fully saturated rings. The third-order valence-corrected chi connectivity index (χ3v) is 13.0. The fourth-order valence-corrected chi connectivity index (χ4v) is 9.08. The van der Waals surface area contributed by atoms with Gasteiger partial charge in [-0.3, -0.25) is 0 Å². The fraction of sp³-hybridized carbons (Fsp3) is 0.660. The predicted molar refractivity (Wildman–Crippen MR) is 223 cm³/mol. The van der Waals surface area contributed by atoms with Gasteiger partial charge >= 0.3 is 0 Å². The van der Waals surface area contributed by atoms with Crippen LogP contribution in [0.1, 0.15) is 125 Å². The van der Waals surface area contributed by atoms with Crippen LogP contribution in [0.15, 0.2) is 78.4 Å². The van der Waals surface area contributed by atoms with Gasteiger partial charge in [-0.15, -0.1) is 0 Å². The van der Waals surface area contributed by atoms with E-state index in [2.05, 4.69) is 85.4 Å². The average molecular weight is 782 g/mol. The van der Waals surface area contributed by atoms with Crippen LogP contribution in [0.3, 0.4) is 0 Å². The smallest absolute Gasteiger partial charge is 0.111 e. The second-order valence-electron chi connectivity index (χ2n) is 17.6. The Hall–Kier alpha value is -2.07. The standard InChI is InChI=1S/C47H69ClO7/c1-10-12-13-14-21-41-46(8,50)27-26-39(37(11-2)51-41)52-42-29-40-44(55-45(42,6)7)36(49)30-47(9)43(53-40)28-33(5)38(54-47)20-16-18-32(4)31(3)17-15-19-34-22-24-35(48)25-23-34/h10,12-13,15,17-19,22-25,33,36-44,49-50H,1,11,14,16,20-21,26-30H2,2-9H3/b13-12-,19-15-,31-17+,32-18+. The molecule has 0 radical (unpaired) electrons. The molecule has 4 aliphatic rings. The third-order valence-electron chi connectivity index (χ3n) is 12.7. The van der Waals surface area contributed by atoms with Gasteiger partial charge in [-0.25, -0.2) is 0 Å². The van der Waals surface area contributed by atoms with Crippen LogP contribution >= 0.6 is 11.6 Å². The van der Waals surface area contributed by atoms with Crippen LogP contribution in [0.4, 0.5) is 0 Å². The molecule has 4 saturated heterocycles. The van der Waals surface area contributed by atoms with Crippen molar-refractivity contribution in [2.45, 2.75) is 191 Å². The summed E-state index contributed by atoms with van der Waals surface area (Å²) in [5.41, 5.74) is 1.34. The lowest BCUT2D eigenvalue weighted by Gasteiger charge is -2.49. The van der Waals surface area contributed by atoms with E-state index in [0.29, 0.717) is 31.6 Å². The number of fused-ring (bicyclic) bond motifs is 2. The van der Waals surface area contributed by atoms with Gasteiger partial charge in [0.25, 0.3) is 0 Å². The number of aliphatic hydroxyl groups excluding tert-OH is 1. The maximum atomic E-state index is 11.7. The van der Waals surface area contributed by atoms with Gasteiger partial charge < -0.3 is 33.9 Å². The molecule has 2 N–H and O–H groups in total. The van der Waals surface area contributed by atoms with Gasteiger partial charge in [-0.05, 0) is 122 Å². The molecule has 55 heavy (non-hydrogen) atoms. The quantitative estimate of drug-likeness (QED) is 0.193. The van der Waals surface area contributed by atoms with E-state index in [9.17, 15) is 10.2 Å². The highest BCUT2D eigenvalue weighted by atomic mass is 35.5. The van der Waals surface area contributed by atoms with Crippen LogP contribution in [0.2, 0.25) is 5.02 Å². The second kappa shape index (κ2) is 19.1. The maximum Gasteiger partial charge on any atom is 0.111 e. The van der Waals surface area contributed by atoms with Crippen molar-refractivity contribution < 1.29 is 33.9 Å². The van der Waals surface area contributed by atoms with Crippen molar-refractivity contribution in [3.8, 4) is 0 Å². The normalized spacial score (nSPS) is 38.7. The first kappa shape index (κ1) is 44.0. The number of halogens is 1. The minimum absolute atomic E-state index is 0.0593. The van der Waals surface area contributed by atoms with E-state index < -0.39 is 29.0 Å². The Bertz CT molecular complexity index is 1530. The molecule has 0 aromatic heterocycles. The zero-order valence-corrected chi connectivity index (χ0v) is 35.5. The lowest BCUT2D eigenvalue weighted by atomic mass is 9.79. The first-order chi connectivity index (χ1) is 26.0. The molecule has 8 heteroatoms. The number of aliphatic hydroxyl groups is 2. The highest BCUT2D eigenvalue weighted by Crippen LogP contribution is 2.47. The van der Waals surface area contributed by atoms with E-state index in [-0.39, 0.29) is 42.7 Å². The van der Waals surface area contributed by atoms with Crippen molar-refractivity contribution in [1.29, 1.82) is 0 Å². The Morgan fingerprint density at radius 1 is 0.982 bits per heavy atom. The molecule has 0 amide bonds. The van der Waals surface area contributed by atoms with Crippen molar-refractivity contribution in [2.24, 2.45) is 5.92 Å². The van der Waals surface area contributed by atoms with Crippen molar-refractivity contribution in [2.75, 3.05) is 0 Å². The third kappa shape index (κ3) is 11.3. The summed E-state index contributed by atoms with van der Waals surface area (Å²) in [5.74, 6) is 0.300. The summed E-state index contributed by atoms with van der Waals surface area (Å²) in [7, 11) is 0. The lowest BCUT2D eigenvalue weighted by Crippen LogP contribution is -2.59. The zero-order valence-electron chi connectivity index (χ0n) is 34.7. The molecule has 12 unspecified atom stereocenters. The molecule has 0 spiro atoms. The predicted octanol–water partition coefficient (Wildman–Crippen LogP) is 10.3. The van der Waals surface area contributed by atoms with Gasteiger partial charge in [0.1, 0.15) is 6.10 Å². The number of ether oxygens (including phenoxy) is 5. The molecule has 12 atom stereocenters. The largest absolute Gasteiger partial charge is 0.390 e. The van der Waals surface area contributed by atoms with Gasteiger partial charge in [-0.2, -0.15) is 0 Å². The van der Waals surface area contributed by atoms with Gasteiger partial charge in [0.2, 0.25) is 0 Å². The molecule has 1 aromatic rings.